The molecule has 1 aromatic rings. The highest BCUT2D eigenvalue weighted by Crippen LogP contribution is 2.16. The summed E-state index contributed by atoms with van der Waals surface area (Å²) in [5.41, 5.74) is 6.28. The Labute approximate surface area is 89.9 Å². The molecule has 1 rings (SSSR count). The largest absolute Gasteiger partial charge is 0.465 e. The lowest BCUT2D eigenvalue weighted by Gasteiger charge is -2.19. The molecule has 0 heterocycles. The Bertz CT molecular complexity index is 304. The number of hydrogen-bond donors (Lipinski definition) is 1. The molecule has 0 spiro atoms. The van der Waals surface area contributed by atoms with Gasteiger partial charge in [-0.25, -0.2) is 0 Å². The minimum Gasteiger partial charge on any atom is -0.465 e. The number of ether oxygens (including phenoxy) is 3. The summed E-state index contributed by atoms with van der Waals surface area (Å²) in [7, 11) is 1.58. The molecule has 0 aliphatic carbocycles. The van der Waals surface area contributed by atoms with Gasteiger partial charge in [-0.2, -0.15) is 0 Å². The topological polar surface area (TPSA) is 53.7 Å². The number of hydrogen-bond acceptors (Lipinski definition) is 4. The molecule has 0 saturated carbocycles. The van der Waals surface area contributed by atoms with E-state index in [4.69, 9.17) is 19.9 Å². The standard InChI is InChI=1S/C11H17NO3/c1-8(13-3)14-9(2)15-11-6-4-5-10(12)7-11/h4-9H,12H2,1-3H3. The van der Waals surface area contributed by atoms with E-state index in [2.05, 4.69) is 0 Å². The van der Waals surface area contributed by atoms with E-state index < -0.39 is 0 Å². The van der Waals surface area contributed by atoms with Crippen molar-refractivity contribution >= 4 is 5.69 Å². The third-order valence-corrected chi connectivity index (χ3v) is 1.88. The van der Waals surface area contributed by atoms with Gasteiger partial charge in [0.2, 0.25) is 0 Å². The van der Waals surface area contributed by atoms with Gasteiger partial charge in [0.15, 0.2) is 12.6 Å². The molecule has 0 amide bonds. The maximum atomic E-state index is 5.62. The van der Waals surface area contributed by atoms with Crippen molar-refractivity contribution in [3.05, 3.63) is 24.3 Å². The maximum Gasteiger partial charge on any atom is 0.199 e. The normalized spacial score (nSPS) is 14.6. The first-order valence-electron chi connectivity index (χ1n) is 4.82. The van der Waals surface area contributed by atoms with Gasteiger partial charge in [-0.1, -0.05) is 6.07 Å². The molecule has 2 N–H and O–H groups in total. The number of methoxy groups -OCH3 is 1. The van der Waals surface area contributed by atoms with E-state index in [-0.39, 0.29) is 12.6 Å². The van der Waals surface area contributed by atoms with Gasteiger partial charge in [0.1, 0.15) is 5.75 Å². The van der Waals surface area contributed by atoms with Gasteiger partial charge in [0.05, 0.1) is 0 Å². The molecule has 0 bridgehead atoms. The van der Waals surface area contributed by atoms with E-state index in [1.54, 1.807) is 33.1 Å². The van der Waals surface area contributed by atoms with Crippen LogP contribution in [-0.4, -0.2) is 19.7 Å². The minimum absolute atomic E-state index is 0.291. The highest BCUT2D eigenvalue weighted by atomic mass is 16.8. The van der Waals surface area contributed by atoms with E-state index in [0.717, 1.165) is 0 Å². The monoisotopic (exact) mass is 211 g/mol. The summed E-state index contributed by atoms with van der Waals surface area (Å²) in [5, 5.41) is 0. The molecule has 2 unspecified atom stereocenters. The van der Waals surface area contributed by atoms with Crippen molar-refractivity contribution in [3.63, 3.8) is 0 Å². The number of rotatable bonds is 5. The van der Waals surface area contributed by atoms with Gasteiger partial charge in [-0.15, -0.1) is 0 Å². The molecule has 0 aliphatic heterocycles. The molecule has 0 saturated heterocycles. The maximum absolute atomic E-state index is 5.62. The predicted molar refractivity (Wildman–Crippen MR) is 58.5 cm³/mol. The fraction of sp³-hybridized carbons (Fsp3) is 0.455. The van der Waals surface area contributed by atoms with Crippen molar-refractivity contribution in [2.24, 2.45) is 0 Å². The van der Waals surface area contributed by atoms with Crippen LogP contribution < -0.4 is 10.5 Å². The highest BCUT2D eigenvalue weighted by Gasteiger charge is 2.08. The van der Waals surface area contributed by atoms with Crippen LogP contribution in [-0.2, 0) is 9.47 Å². The fourth-order valence-electron chi connectivity index (χ4n) is 1.13. The summed E-state index contributed by atoms with van der Waals surface area (Å²) in [6.07, 6.45) is -0.664. The van der Waals surface area contributed by atoms with Crippen LogP contribution in [0, 0.1) is 0 Å². The van der Waals surface area contributed by atoms with Crippen LogP contribution in [0.2, 0.25) is 0 Å². The van der Waals surface area contributed by atoms with E-state index in [0.29, 0.717) is 11.4 Å². The number of nitrogens with two attached hydrogens (primary N) is 1. The molecule has 0 radical (unpaired) electrons. The van der Waals surface area contributed by atoms with Crippen molar-refractivity contribution in [3.8, 4) is 5.75 Å². The zero-order chi connectivity index (χ0) is 11.3. The lowest BCUT2D eigenvalue weighted by molar-refractivity contribution is -0.192. The van der Waals surface area contributed by atoms with Crippen molar-refractivity contribution in [2.45, 2.75) is 26.4 Å². The molecule has 15 heavy (non-hydrogen) atoms. The van der Waals surface area contributed by atoms with Crippen molar-refractivity contribution in [1.82, 2.24) is 0 Å². The first-order chi connectivity index (χ1) is 7.11. The SMILES string of the molecule is COC(C)OC(C)Oc1cccc(N)c1. The summed E-state index contributed by atoms with van der Waals surface area (Å²) in [6.45, 7) is 3.61. The second kappa shape index (κ2) is 5.58. The molecule has 4 nitrogen and oxygen atoms in total. The van der Waals surface area contributed by atoms with Crippen molar-refractivity contribution in [2.75, 3.05) is 12.8 Å². The van der Waals surface area contributed by atoms with Crippen LogP contribution in [0.25, 0.3) is 0 Å². The lowest BCUT2D eigenvalue weighted by Crippen LogP contribution is -2.23. The molecule has 1 aromatic carbocycles. The van der Waals surface area contributed by atoms with Crippen LogP contribution in [0.5, 0.6) is 5.75 Å². The molecule has 4 heteroatoms. The number of anilines is 1. The summed E-state index contributed by atoms with van der Waals surface area (Å²) in [4.78, 5) is 0. The summed E-state index contributed by atoms with van der Waals surface area (Å²) >= 11 is 0. The average Bonchev–Trinajstić information content (AvgIpc) is 2.17. The molecule has 0 aliphatic rings. The van der Waals surface area contributed by atoms with E-state index in [9.17, 15) is 0 Å². The van der Waals surface area contributed by atoms with E-state index in [1.165, 1.54) is 0 Å². The Hall–Kier alpha value is -1.26. The Balaban J connectivity index is 2.47. The Kier molecular flexibility index (Phi) is 4.39. The quantitative estimate of drug-likeness (QED) is 0.598. The van der Waals surface area contributed by atoms with Crippen LogP contribution in [0.3, 0.4) is 0 Å². The number of nitrogen functional groups attached to an aromatic ring is 1. The third-order valence-electron chi connectivity index (χ3n) is 1.88. The second-order valence-electron chi connectivity index (χ2n) is 3.20. The minimum atomic E-state index is -0.373. The van der Waals surface area contributed by atoms with Gasteiger partial charge in [0.25, 0.3) is 0 Å². The predicted octanol–water partition coefficient (Wildman–Crippen LogP) is 2.00. The van der Waals surface area contributed by atoms with Gasteiger partial charge in [-0.05, 0) is 26.0 Å². The molecule has 2 atom stereocenters. The summed E-state index contributed by atoms with van der Waals surface area (Å²) in [6, 6.07) is 7.21. The average molecular weight is 211 g/mol. The molecule has 0 fully saturated rings. The first kappa shape index (κ1) is 11.8. The Morgan fingerprint density at radius 3 is 2.53 bits per heavy atom. The Morgan fingerprint density at radius 1 is 1.20 bits per heavy atom. The van der Waals surface area contributed by atoms with Gasteiger partial charge in [0, 0.05) is 18.9 Å². The van der Waals surface area contributed by atoms with Crippen molar-refractivity contribution < 1.29 is 14.2 Å². The zero-order valence-electron chi connectivity index (χ0n) is 9.27. The van der Waals surface area contributed by atoms with Crippen LogP contribution >= 0.6 is 0 Å². The second-order valence-corrected chi connectivity index (χ2v) is 3.20. The van der Waals surface area contributed by atoms with Gasteiger partial charge in [-0.3, -0.25) is 0 Å². The molecule has 84 valence electrons. The molecular weight excluding hydrogens is 194 g/mol. The van der Waals surface area contributed by atoms with Crippen LogP contribution in [0.15, 0.2) is 24.3 Å². The molecular formula is C11H17NO3. The summed E-state index contributed by atoms with van der Waals surface area (Å²) < 4.78 is 15.8. The van der Waals surface area contributed by atoms with E-state index in [1.807, 2.05) is 12.1 Å². The first-order valence-corrected chi connectivity index (χ1v) is 4.82. The van der Waals surface area contributed by atoms with Crippen molar-refractivity contribution in [1.29, 1.82) is 0 Å². The lowest BCUT2D eigenvalue weighted by atomic mass is 10.3. The fourth-order valence-corrected chi connectivity index (χ4v) is 1.13. The number of benzene rings is 1. The summed E-state index contributed by atoms with van der Waals surface area (Å²) in [5.74, 6) is 0.686. The smallest absolute Gasteiger partial charge is 0.199 e. The Morgan fingerprint density at radius 2 is 1.93 bits per heavy atom. The zero-order valence-corrected chi connectivity index (χ0v) is 9.27. The van der Waals surface area contributed by atoms with Crippen LogP contribution in [0.1, 0.15) is 13.8 Å². The highest BCUT2D eigenvalue weighted by molar-refractivity contribution is 5.43. The van der Waals surface area contributed by atoms with E-state index >= 15 is 0 Å². The van der Waals surface area contributed by atoms with Gasteiger partial charge >= 0.3 is 0 Å². The van der Waals surface area contributed by atoms with Gasteiger partial charge < -0.3 is 19.9 Å². The molecule has 0 aromatic heterocycles. The third kappa shape index (κ3) is 4.18. The van der Waals surface area contributed by atoms with Crippen LogP contribution in [0.4, 0.5) is 5.69 Å².